The van der Waals surface area contributed by atoms with E-state index in [0.717, 1.165) is 0 Å². The third-order valence-electron chi connectivity index (χ3n) is 3.90. The summed E-state index contributed by atoms with van der Waals surface area (Å²) >= 11 is 0. The van der Waals surface area contributed by atoms with Crippen molar-refractivity contribution in [1.82, 2.24) is 5.16 Å². The summed E-state index contributed by atoms with van der Waals surface area (Å²) in [4.78, 5) is 0.130. The van der Waals surface area contributed by atoms with Gasteiger partial charge >= 0.3 is 0 Å². The smallest absolute Gasteiger partial charge is 0.262 e. The first-order chi connectivity index (χ1) is 13.6. The number of anilines is 1. The van der Waals surface area contributed by atoms with Crippen LogP contribution in [0.15, 0.2) is 70.1 Å². The van der Waals surface area contributed by atoms with E-state index in [-0.39, 0.29) is 16.3 Å². The van der Waals surface area contributed by atoms with Crippen LogP contribution in [-0.4, -0.2) is 26.8 Å². The van der Waals surface area contributed by atoms with E-state index in [1.165, 1.54) is 12.1 Å². The Morgan fingerprint density at radius 2 is 1.54 bits per heavy atom. The van der Waals surface area contributed by atoms with Gasteiger partial charge in [-0.25, -0.2) is 8.42 Å². The van der Waals surface area contributed by atoms with Gasteiger partial charge in [-0.1, -0.05) is 53.7 Å². The Bertz CT molecular complexity index is 982. The van der Waals surface area contributed by atoms with Crippen molar-refractivity contribution in [3.05, 3.63) is 66.4 Å². The van der Waals surface area contributed by atoms with Crippen molar-refractivity contribution < 1.29 is 22.4 Å². The number of nitrogens with zero attached hydrogens (tertiary/aromatic N) is 1. The van der Waals surface area contributed by atoms with Crippen LogP contribution < -0.4 is 4.72 Å². The van der Waals surface area contributed by atoms with Gasteiger partial charge in [0.05, 0.1) is 4.90 Å². The molecule has 8 heteroatoms. The highest BCUT2D eigenvalue weighted by molar-refractivity contribution is 7.92. The lowest BCUT2D eigenvalue weighted by molar-refractivity contribution is -0.143. The summed E-state index contributed by atoms with van der Waals surface area (Å²) in [6, 6.07) is 17.2. The molecule has 0 fully saturated rings. The van der Waals surface area contributed by atoms with Crippen molar-refractivity contribution in [1.29, 1.82) is 0 Å². The van der Waals surface area contributed by atoms with E-state index in [0.29, 0.717) is 24.5 Å². The lowest BCUT2D eigenvalue weighted by Gasteiger charge is -2.16. The lowest BCUT2D eigenvalue weighted by atomic mass is 10.1. The van der Waals surface area contributed by atoms with Crippen molar-refractivity contribution in [3.63, 3.8) is 0 Å². The van der Waals surface area contributed by atoms with Crippen LogP contribution in [0.25, 0.3) is 11.3 Å². The molecule has 0 bridgehead atoms. The van der Waals surface area contributed by atoms with Crippen LogP contribution in [0, 0.1) is 0 Å². The second-order valence-electron chi connectivity index (χ2n) is 5.80. The molecule has 1 aromatic heterocycles. The lowest BCUT2D eigenvalue weighted by Crippen LogP contribution is -2.17. The maximum absolute atomic E-state index is 12.9. The quantitative estimate of drug-likeness (QED) is 0.539. The molecule has 0 spiro atoms. The molecule has 0 aliphatic carbocycles. The molecule has 0 atom stereocenters. The van der Waals surface area contributed by atoms with Crippen LogP contribution in [0.4, 0.5) is 5.69 Å². The zero-order chi connectivity index (χ0) is 20.0. The van der Waals surface area contributed by atoms with Crippen molar-refractivity contribution in [2.45, 2.75) is 25.0 Å². The summed E-state index contributed by atoms with van der Waals surface area (Å²) in [5, 5.41) is 4.06. The van der Waals surface area contributed by atoms with Crippen LogP contribution in [-0.2, 0) is 19.5 Å². The summed E-state index contributed by atoms with van der Waals surface area (Å²) in [6.07, 6.45) is -0.857. The summed E-state index contributed by atoms with van der Waals surface area (Å²) in [5.74, 6) is 0.291. The number of nitrogens with one attached hydrogen (secondary N) is 1. The maximum Gasteiger partial charge on any atom is 0.262 e. The summed E-state index contributed by atoms with van der Waals surface area (Å²) in [6.45, 7) is 4.36. The van der Waals surface area contributed by atoms with Gasteiger partial charge in [0.1, 0.15) is 5.69 Å². The summed E-state index contributed by atoms with van der Waals surface area (Å²) < 4.78 is 45.1. The maximum atomic E-state index is 12.9. The number of rotatable bonds is 9. The third kappa shape index (κ3) is 4.41. The number of benzene rings is 2. The Morgan fingerprint density at radius 3 is 2.11 bits per heavy atom. The molecule has 0 saturated heterocycles. The number of aromatic nitrogens is 1. The molecule has 1 heterocycles. The number of hydrogen-bond donors (Lipinski definition) is 1. The normalized spacial score (nSPS) is 11.7. The molecule has 2 aromatic carbocycles. The average Bonchev–Trinajstić information content (AvgIpc) is 3.12. The molecule has 0 radical (unpaired) electrons. The van der Waals surface area contributed by atoms with Gasteiger partial charge in [0, 0.05) is 18.8 Å². The predicted molar refractivity (Wildman–Crippen MR) is 105 cm³/mol. The summed E-state index contributed by atoms with van der Waals surface area (Å²) in [7, 11) is -3.86. The fraction of sp³-hybridized carbons (Fsp3) is 0.250. The molecule has 7 nitrogen and oxygen atoms in total. The highest BCUT2D eigenvalue weighted by atomic mass is 32.2. The van der Waals surface area contributed by atoms with Gasteiger partial charge in [0.2, 0.25) is 6.29 Å². The second kappa shape index (κ2) is 9.01. The SMILES string of the molecule is CCOC(OCC)c1noc(-c2ccccc2)c1NS(=O)(=O)c1ccccc1. The minimum Gasteiger partial charge on any atom is -0.354 e. The zero-order valence-corrected chi connectivity index (χ0v) is 16.5. The zero-order valence-electron chi connectivity index (χ0n) is 15.7. The van der Waals surface area contributed by atoms with Crippen LogP contribution in [0.2, 0.25) is 0 Å². The van der Waals surface area contributed by atoms with Crippen LogP contribution in [0.1, 0.15) is 25.8 Å². The van der Waals surface area contributed by atoms with E-state index in [4.69, 9.17) is 14.0 Å². The molecule has 0 unspecified atom stereocenters. The van der Waals surface area contributed by atoms with Gasteiger partial charge < -0.3 is 14.0 Å². The topological polar surface area (TPSA) is 90.7 Å². The molecule has 0 aliphatic rings. The van der Waals surface area contributed by atoms with E-state index < -0.39 is 16.3 Å². The second-order valence-corrected chi connectivity index (χ2v) is 7.48. The monoisotopic (exact) mass is 402 g/mol. The molecule has 0 aliphatic heterocycles. The molecule has 28 heavy (non-hydrogen) atoms. The summed E-state index contributed by atoms with van der Waals surface area (Å²) in [5.41, 5.74) is 1.11. The van der Waals surface area contributed by atoms with Crippen molar-refractivity contribution in [3.8, 4) is 11.3 Å². The van der Waals surface area contributed by atoms with Gasteiger partial charge in [0.15, 0.2) is 11.5 Å². The van der Waals surface area contributed by atoms with E-state index in [2.05, 4.69) is 9.88 Å². The minimum absolute atomic E-state index is 0.130. The van der Waals surface area contributed by atoms with E-state index in [1.807, 2.05) is 32.0 Å². The fourth-order valence-electron chi connectivity index (χ4n) is 2.65. The van der Waals surface area contributed by atoms with Crippen molar-refractivity contribution in [2.75, 3.05) is 17.9 Å². The van der Waals surface area contributed by atoms with Crippen molar-refractivity contribution in [2.24, 2.45) is 0 Å². The van der Waals surface area contributed by atoms with E-state index >= 15 is 0 Å². The molecule has 3 rings (SSSR count). The predicted octanol–water partition coefficient (Wildman–Crippen LogP) is 4.21. The van der Waals surface area contributed by atoms with Crippen LogP contribution in [0.3, 0.4) is 0 Å². The Hall–Kier alpha value is -2.68. The van der Waals surface area contributed by atoms with Gasteiger partial charge in [-0.2, -0.15) is 0 Å². The molecular formula is C20H22N2O5S. The Kier molecular flexibility index (Phi) is 6.45. The average molecular weight is 402 g/mol. The Labute approximate surface area is 164 Å². The van der Waals surface area contributed by atoms with Crippen LogP contribution >= 0.6 is 0 Å². The number of hydrogen-bond acceptors (Lipinski definition) is 6. The van der Waals surface area contributed by atoms with Crippen molar-refractivity contribution >= 4 is 15.7 Å². The highest BCUT2D eigenvalue weighted by Gasteiger charge is 2.29. The minimum atomic E-state index is -3.86. The highest BCUT2D eigenvalue weighted by Crippen LogP contribution is 2.37. The molecule has 0 saturated carbocycles. The van der Waals surface area contributed by atoms with Gasteiger partial charge in [0.25, 0.3) is 10.0 Å². The first-order valence-electron chi connectivity index (χ1n) is 8.92. The molecular weight excluding hydrogens is 380 g/mol. The van der Waals surface area contributed by atoms with Crippen LogP contribution in [0.5, 0.6) is 0 Å². The van der Waals surface area contributed by atoms with Gasteiger partial charge in [-0.3, -0.25) is 4.72 Å². The van der Waals surface area contributed by atoms with Gasteiger partial charge in [-0.15, -0.1) is 0 Å². The Morgan fingerprint density at radius 1 is 0.964 bits per heavy atom. The molecule has 148 valence electrons. The number of sulfonamides is 1. The molecule has 0 amide bonds. The fourth-order valence-corrected chi connectivity index (χ4v) is 3.75. The molecule has 3 aromatic rings. The molecule has 1 N–H and O–H groups in total. The Balaban J connectivity index is 2.09. The standard InChI is InChI=1S/C20H22N2O5S/c1-3-25-20(26-4-2)18-17(19(27-21-18)15-11-7-5-8-12-15)22-28(23,24)16-13-9-6-10-14-16/h5-14,20,22H,3-4H2,1-2H3. The largest absolute Gasteiger partial charge is 0.354 e. The first-order valence-corrected chi connectivity index (χ1v) is 10.4. The first kappa shape index (κ1) is 20.1. The number of ether oxygens (including phenoxy) is 2. The third-order valence-corrected chi connectivity index (χ3v) is 5.27. The van der Waals surface area contributed by atoms with E-state index in [9.17, 15) is 8.42 Å². The van der Waals surface area contributed by atoms with E-state index in [1.54, 1.807) is 30.3 Å². The van der Waals surface area contributed by atoms with Gasteiger partial charge in [-0.05, 0) is 26.0 Å².